The van der Waals surface area contributed by atoms with Gasteiger partial charge >= 0.3 is 0 Å². The maximum absolute atomic E-state index is 13.1. The molecule has 1 N–H and O–H groups in total. The number of nitrogens with zero attached hydrogens (tertiary/aromatic N) is 1. The molecular weight excluding hydrogens is 372 g/mol. The summed E-state index contributed by atoms with van der Waals surface area (Å²) in [5, 5.41) is 3.03. The lowest BCUT2D eigenvalue weighted by Crippen LogP contribution is -2.42. The van der Waals surface area contributed by atoms with E-state index in [4.69, 9.17) is 0 Å². The predicted molar refractivity (Wildman–Crippen MR) is 114 cm³/mol. The Kier molecular flexibility index (Phi) is 6.88. The molecule has 0 aliphatic rings. The van der Waals surface area contributed by atoms with E-state index in [1.54, 1.807) is 24.3 Å². The molecule has 0 atom stereocenters. The summed E-state index contributed by atoms with van der Waals surface area (Å²) >= 11 is 0. The molecule has 1 amide bonds. The maximum atomic E-state index is 13.1. The largest absolute Gasteiger partial charge is 0.349 e. The zero-order valence-corrected chi connectivity index (χ0v) is 18.2. The van der Waals surface area contributed by atoms with Crippen molar-refractivity contribution in [3.63, 3.8) is 0 Å². The number of rotatable bonds is 7. The molecule has 0 bridgehead atoms. The minimum Gasteiger partial charge on any atom is -0.349 e. The van der Waals surface area contributed by atoms with Crippen LogP contribution in [0.3, 0.4) is 0 Å². The van der Waals surface area contributed by atoms with Gasteiger partial charge in [-0.25, -0.2) is 8.42 Å². The Morgan fingerprint density at radius 2 is 1.57 bits per heavy atom. The number of nitrogens with one attached hydrogen (secondary N) is 1. The second kappa shape index (κ2) is 8.78. The normalized spacial score (nSPS) is 11.9. The fourth-order valence-electron chi connectivity index (χ4n) is 3.34. The van der Waals surface area contributed by atoms with Gasteiger partial charge in [0.15, 0.2) is 0 Å². The Morgan fingerprint density at radius 1 is 0.964 bits per heavy atom. The topological polar surface area (TPSA) is 66.5 Å². The zero-order valence-electron chi connectivity index (χ0n) is 17.4. The first-order chi connectivity index (χ1) is 13.1. The summed E-state index contributed by atoms with van der Waals surface area (Å²) in [4.78, 5) is 12.8. The van der Waals surface area contributed by atoms with Crippen LogP contribution in [0.2, 0.25) is 0 Å². The van der Waals surface area contributed by atoms with Crippen molar-refractivity contribution in [1.29, 1.82) is 0 Å². The number of sulfonamides is 1. The van der Waals surface area contributed by atoms with Crippen LogP contribution in [-0.2, 0) is 10.0 Å². The molecule has 0 saturated heterocycles. The molecule has 0 radical (unpaired) electrons. The third-order valence-electron chi connectivity index (χ3n) is 4.94. The second-order valence-electron chi connectivity index (χ2n) is 7.77. The molecule has 0 unspecified atom stereocenters. The van der Waals surface area contributed by atoms with E-state index in [1.807, 2.05) is 19.1 Å². The van der Waals surface area contributed by atoms with Gasteiger partial charge in [0.05, 0.1) is 10.6 Å². The first kappa shape index (κ1) is 22.0. The van der Waals surface area contributed by atoms with Gasteiger partial charge in [-0.3, -0.25) is 9.10 Å². The number of hydrogen-bond donors (Lipinski definition) is 1. The van der Waals surface area contributed by atoms with Gasteiger partial charge in [0.1, 0.15) is 0 Å². The van der Waals surface area contributed by atoms with E-state index in [9.17, 15) is 13.2 Å². The average Bonchev–Trinajstić information content (AvgIpc) is 2.65. The van der Waals surface area contributed by atoms with Crippen LogP contribution in [0.25, 0.3) is 0 Å². The number of benzene rings is 2. The number of carbonyl (C=O) groups excluding carboxylic acids is 1. The Balaban J connectivity index is 2.34. The van der Waals surface area contributed by atoms with Crippen LogP contribution in [0.5, 0.6) is 0 Å². The predicted octanol–water partition coefficient (Wildman–Crippen LogP) is 4.23. The summed E-state index contributed by atoms with van der Waals surface area (Å²) in [6, 6.07) is 13.5. The molecule has 2 aromatic rings. The van der Waals surface area contributed by atoms with Crippen molar-refractivity contribution in [2.75, 3.05) is 11.4 Å². The molecule has 0 aliphatic heterocycles. The van der Waals surface area contributed by atoms with Crippen molar-refractivity contribution >= 4 is 21.6 Å². The van der Waals surface area contributed by atoms with Gasteiger partial charge in [0, 0.05) is 18.7 Å². The lowest BCUT2D eigenvalue weighted by molar-refractivity contribution is 0.0910. The Morgan fingerprint density at radius 3 is 2.14 bits per heavy atom. The first-order valence-corrected chi connectivity index (χ1v) is 10.9. The molecule has 28 heavy (non-hydrogen) atoms. The highest BCUT2D eigenvalue weighted by Crippen LogP contribution is 2.25. The highest BCUT2D eigenvalue weighted by Gasteiger charge is 2.25. The fourth-order valence-corrected chi connectivity index (χ4v) is 4.65. The highest BCUT2D eigenvalue weighted by molar-refractivity contribution is 7.92. The van der Waals surface area contributed by atoms with Gasteiger partial charge in [-0.15, -0.1) is 0 Å². The SMILES string of the molecule is Cc1ccccc1N(C)S(=O)(=O)c1cccc(C(=O)NC(C(C)C)C(C)C)c1. The molecule has 2 aromatic carbocycles. The monoisotopic (exact) mass is 402 g/mol. The molecule has 6 heteroatoms. The Hall–Kier alpha value is -2.34. The number of aryl methyl sites for hydroxylation is 1. The van der Waals surface area contributed by atoms with Crippen molar-refractivity contribution < 1.29 is 13.2 Å². The van der Waals surface area contributed by atoms with Crippen LogP contribution >= 0.6 is 0 Å². The van der Waals surface area contributed by atoms with Gasteiger partial charge in [0.2, 0.25) is 0 Å². The van der Waals surface area contributed by atoms with Crippen LogP contribution in [-0.4, -0.2) is 27.4 Å². The van der Waals surface area contributed by atoms with E-state index < -0.39 is 10.0 Å². The number of amides is 1. The molecule has 0 aromatic heterocycles. The molecule has 0 aliphatic carbocycles. The van der Waals surface area contributed by atoms with E-state index in [0.29, 0.717) is 11.3 Å². The minimum absolute atomic E-state index is 0.0161. The van der Waals surface area contributed by atoms with Crippen LogP contribution in [0.4, 0.5) is 5.69 Å². The third kappa shape index (κ3) is 4.73. The lowest BCUT2D eigenvalue weighted by Gasteiger charge is -2.26. The quantitative estimate of drug-likeness (QED) is 0.754. The van der Waals surface area contributed by atoms with Crippen molar-refractivity contribution in [3.05, 3.63) is 59.7 Å². The molecule has 0 saturated carbocycles. The summed E-state index contributed by atoms with van der Waals surface area (Å²) in [6.07, 6.45) is 0. The third-order valence-corrected chi connectivity index (χ3v) is 6.71. The molecule has 152 valence electrons. The minimum atomic E-state index is -3.78. The summed E-state index contributed by atoms with van der Waals surface area (Å²) in [5.41, 5.74) is 1.81. The summed E-state index contributed by atoms with van der Waals surface area (Å²) < 4.78 is 27.4. The fraction of sp³-hybridized carbons (Fsp3) is 0.409. The van der Waals surface area contributed by atoms with Crippen LogP contribution < -0.4 is 9.62 Å². The molecule has 2 rings (SSSR count). The second-order valence-corrected chi connectivity index (χ2v) is 9.74. The van der Waals surface area contributed by atoms with Crippen LogP contribution in [0, 0.1) is 18.8 Å². The Bertz CT molecular complexity index is 928. The summed E-state index contributed by atoms with van der Waals surface area (Å²) in [5.74, 6) is 0.300. The van der Waals surface area contributed by atoms with Crippen molar-refractivity contribution in [2.24, 2.45) is 11.8 Å². The van der Waals surface area contributed by atoms with E-state index in [-0.39, 0.29) is 28.7 Å². The highest BCUT2D eigenvalue weighted by atomic mass is 32.2. The smallest absolute Gasteiger partial charge is 0.264 e. The average molecular weight is 403 g/mol. The van der Waals surface area contributed by atoms with Crippen molar-refractivity contribution in [3.8, 4) is 0 Å². The van der Waals surface area contributed by atoms with Gasteiger partial charge in [-0.2, -0.15) is 0 Å². The molecule has 0 heterocycles. The number of anilines is 1. The standard InChI is InChI=1S/C22H30N2O3S/c1-15(2)21(16(3)4)23-22(25)18-11-9-12-19(14-18)28(26,27)24(6)20-13-8-7-10-17(20)5/h7-16,21H,1-6H3,(H,23,25). The number of hydrogen-bond acceptors (Lipinski definition) is 3. The van der Waals surface area contributed by atoms with Crippen molar-refractivity contribution in [1.82, 2.24) is 5.32 Å². The van der Waals surface area contributed by atoms with E-state index in [1.165, 1.54) is 23.5 Å². The zero-order chi connectivity index (χ0) is 21.1. The van der Waals surface area contributed by atoms with E-state index in [0.717, 1.165) is 5.56 Å². The van der Waals surface area contributed by atoms with Gasteiger partial charge in [-0.1, -0.05) is 52.0 Å². The molecular formula is C22H30N2O3S. The lowest BCUT2D eigenvalue weighted by atomic mass is 9.93. The van der Waals surface area contributed by atoms with Gasteiger partial charge in [0.25, 0.3) is 15.9 Å². The number of para-hydroxylation sites is 1. The first-order valence-electron chi connectivity index (χ1n) is 9.51. The van der Waals surface area contributed by atoms with Crippen molar-refractivity contribution in [2.45, 2.75) is 45.6 Å². The van der Waals surface area contributed by atoms with Gasteiger partial charge < -0.3 is 5.32 Å². The van der Waals surface area contributed by atoms with Gasteiger partial charge in [-0.05, 0) is 48.6 Å². The Labute approximate surface area is 168 Å². The van der Waals surface area contributed by atoms with E-state index in [2.05, 4.69) is 33.0 Å². The summed E-state index contributed by atoms with van der Waals surface area (Å²) in [7, 11) is -2.25. The maximum Gasteiger partial charge on any atom is 0.264 e. The summed E-state index contributed by atoms with van der Waals surface area (Å²) in [6.45, 7) is 10.1. The molecule has 0 fully saturated rings. The van der Waals surface area contributed by atoms with E-state index >= 15 is 0 Å². The van der Waals surface area contributed by atoms with Crippen LogP contribution in [0.15, 0.2) is 53.4 Å². The molecule has 0 spiro atoms. The number of carbonyl (C=O) groups is 1. The molecule has 5 nitrogen and oxygen atoms in total. The van der Waals surface area contributed by atoms with Crippen LogP contribution in [0.1, 0.15) is 43.6 Å².